The molecule has 7 heavy (non-hydrogen) atoms. The van der Waals surface area contributed by atoms with Gasteiger partial charge in [0.15, 0.2) is 0 Å². The standard InChI is InChI=1S/Ni.5O.W. The third-order valence-corrected chi connectivity index (χ3v) is 0. The molecule has 0 heterocycles. The van der Waals surface area contributed by atoms with Crippen molar-refractivity contribution in [3.05, 3.63) is 0 Å². The van der Waals surface area contributed by atoms with Gasteiger partial charge in [0.05, 0.1) is 0 Å². The smallest absolute Gasteiger partial charge is 0 e. The van der Waals surface area contributed by atoms with Gasteiger partial charge in [0.1, 0.15) is 0 Å². The van der Waals surface area contributed by atoms with E-state index in [-0.39, 0.29) is 21.1 Å². The van der Waals surface area contributed by atoms with Crippen LogP contribution in [-0.2, 0) is 51.5 Å². The van der Waals surface area contributed by atoms with Crippen molar-refractivity contribution in [2.24, 2.45) is 0 Å². The second-order valence-electron chi connectivity index (χ2n) is 0.527. The molecule has 0 saturated heterocycles. The van der Waals surface area contributed by atoms with Crippen molar-refractivity contribution in [3.8, 4) is 0 Å². The third-order valence-electron chi connectivity index (χ3n) is 0. The average Bonchev–Trinajstić information content (AvgIpc) is 0.650. The summed E-state index contributed by atoms with van der Waals surface area (Å²) in [5, 5.41) is 0. The summed E-state index contributed by atoms with van der Waals surface area (Å²) in [6, 6.07) is 0. The summed E-state index contributed by atoms with van der Waals surface area (Å²) in [5.41, 5.74) is 0. The third kappa shape index (κ3) is 3270. The van der Waals surface area contributed by atoms with E-state index >= 15 is 0 Å². The molecule has 0 aromatic rings. The first-order valence-electron chi connectivity index (χ1n) is 0.645. The van der Waals surface area contributed by atoms with E-state index in [9.17, 15) is 0 Å². The fourth-order valence-electron chi connectivity index (χ4n) is 0. The molecule has 7 heteroatoms. The Balaban J connectivity index is 0. The molecule has 0 aliphatic heterocycles. The van der Waals surface area contributed by atoms with E-state index in [0.29, 0.717) is 0 Å². The van der Waals surface area contributed by atoms with Crippen LogP contribution in [0.5, 0.6) is 0 Å². The summed E-state index contributed by atoms with van der Waals surface area (Å²) in [6.07, 6.45) is 0. The van der Waals surface area contributed by atoms with Gasteiger partial charge < -0.3 is 0 Å². The summed E-state index contributed by atoms with van der Waals surface area (Å²) in [6.45, 7) is 0. The van der Waals surface area contributed by atoms with Crippen LogP contribution in [0.25, 0.3) is 0 Å². The van der Waals surface area contributed by atoms with Crippen molar-refractivity contribution in [1.29, 1.82) is 0 Å². The molecular weight excluding hydrogens is 323 g/mol. The SMILES string of the molecule is [O]=[Ni](=[O])(=[O])(=[O])=[O].[W]. The van der Waals surface area contributed by atoms with Crippen LogP contribution < -0.4 is 0 Å². The largest absolute Gasteiger partial charge is 0 e. The normalized spacial score (nSPS) is 15.7. The molecule has 0 unspecified atom stereocenters. The van der Waals surface area contributed by atoms with Crippen LogP contribution in [0.2, 0.25) is 0 Å². The molecule has 0 rings (SSSR count). The Hall–Kier alpha value is 0.182. The van der Waals surface area contributed by atoms with Gasteiger partial charge in [-0.2, -0.15) is 0 Å². The molecule has 0 bridgehead atoms. The van der Waals surface area contributed by atoms with Crippen molar-refractivity contribution in [2.45, 2.75) is 0 Å². The van der Waals surface area contributed by atoms with Gasteiger partial charge in [-0.3, -0.25) is 0 Å². The van der Waals surface area contributed by atoms with E-state index in [0.717, 1.165) is 0 Å². The fraction of sp³-hybridized carbons (Fsp3) is 0. The predicted molar refractivity (Wildman–Crippen MR) is 3.43 cm³/mol. The Morgan fingerprint density at radius 2 is 0.714 bits per heavy atom. The minimum Gasteiger partial charge on any atom is 0 e. The van der Waals surface area contributed by atoms with Gasteiger partial charge in [-0.05, 0) is 0 Å². The number of rotatable bonds is 0. The zero-order valence-electron chi connectivity index (χ0n) is 2.77. The molecule has 0 aromatic carbocycles. The molecule has 0 aliphatic carbocycles. The zero-order valence-corrected chi connectivity index (χ0v) is 6.69. The van der Waals surface area contributed by atoms with E-state index in [1.165, 1.54) is 0 Å². The molecular formula is NiO5W. The van der Waals surface area contributed by atoms with Gasteiger partial charge >= 0.3 is 30.5 Å². The summed E-state index contributed by atoms with van der Waals surface area (Å²) in [7, 11) is -7.18. The van der Waals surface area contributed by atoms with Gasteiger partial charge in [0.2, 0.25) is 0 Å². The second kappa shape index (κ2) is 1.60. The summed E-state index contributed by atoms with van der Waals surface area (Å²) in [5.74, 6) is 0. The first-order chi connectivity index (χ1) is 2.24. The number of hydrogen-bond acceptors (Lipinski definition) is 5. The maximum Gasteiger partial charge on any atom is 0 e. The van der Waals surface area contributed by atoms with Gasteiger partial charge in [0, 0.05) is 21.1 Å². The Morgan fingerprint density at radius 1 is 0.714 bits per heavy atom. The van der Waals surface area contributed by atoms with E-state index in [2.05, 4.69) is 0 Å². The van der Waals surface area contributed by atoms with Crippen LogP contribution >= 0.6 is 0 Å². The molecule has 0 radical (unpaired) electrons. The maximum atomic E-state index is 8.57. The van der Waals surface area contributed by atoms with Crippen LogP contribution in [0.1, 0.15) is 0 Å². The minimum absolute atomic E-state index is 0. The van der Waals surface area contributed by atoms with Crippen LogP contribution in [0, 0.1) is 0 Å². The number of hydrogen-bond donors (Lipinski definition) is 0. The molecule has 0 saturated carbocycles. The van der Waals surface area contributed by atoms with Gasteiger partial charge in [-0.15, -0.1) is 0 Å². The quantitative estimate of drug-likeness (QED) is 0.556. The van der Waals surface area contributed by atoms with E-state index in [1.807, 2.05) is 0 Å². The van der Waals surface area contributed by atoms with Gasteiger partial charge in [-0.25, -0.2) is 0 Å². The van der Waals surface area contributed by atoms with E-state index in [4.69, 9.17) is 19.5 Å². The van der Waals surface area contributed by atoms with Crippen molar-refractivity contribution < 1.29 is 51.5 Å². The van der Waals surface area contributed by atoms with Crippen LogP contribution in [-0.4, -0.2) is 0 Å². The predicted octanol–water partition coefficient (Wildman–Crippen LogP) is -0.599. The molecule has 0 N–H and O–H groups in total. The Bertz CT molecular complexity index is 278. The molecule has 0 fully saturated rings. The van der Waals surface area contributed by atoms with Crippen molar-refractivity contribution in [2.75, 3.05) is 0 Å². The zero-order chi connectivity index (χ0) is 5.45. The van der Waals surface area contributed by atoms with Gasteiger partial charge in [-0.1, -0.05) is 0 Å². The molecule has 0 aromatic heterocycles. The maximum absolute atomic E-state index is 8.57. The molecule has 46 valence electrons. The minimum atomic E-state index is -7.18. The van der Waals surface area contributed by atoms with Crippen LogP contribution in [0.4, 0.5) is 0 Å². The average molecular weight is 323 g/mol. The Labute approximate surface area is 51.8 Å². The van der Waals surface area contributed by atoms with Gasteiger partial charge in [0.25, 0.3) is 0 Å². The molecule has 0 aliphatic rings. The topological polar surface area (TPSA) is 85.3 Å². The molecule has 5 nitrogen and oxygen atoms in total. The van der Waals surface area contributed by atoms with Crippen LogP contribution in [0.15, 0.2) is 0 Å². The Kier molecular flexibility index (Phi) is 2.34. The first kappa shape index (κ1) is 10.2. The second-order valence-corrected chi connectivity index (χ2v) is 2.17. The molecule has 0 atom stereocenters. The monoisotopic (exact) mass is 322 g/mol. The summed E-state index contributed by atoms with van der Waals surface area (Å²) >= 11 is 0. The van der Waals surface area contributed by atoms with Crippen molar-refractivity contribution in [3.63, 3.8) is 0 Å². The molecule has 0 amide bonds. The summed E-state index contributed by atoms with van der Waals surface area (Å²) < 4.78 is 42.9. The van der Waals surface area contributed by atoms with E-state index < -0.39 is 11.0 Å². The molecule has 0 spiro atoms. The summed E-state index contributed by atoms with van der Waals surface area (Å²) in [4.78, 5) is 0. The van der Waals surface area contributed by atoms with Crippen molar-refractivity contribution in [1.82, 2.24) is 0 Å². The first-order valence-corrected chi connectivity index (χ1v) is 2.66. The van der Waals surface area contributed by atoms with Crippen LogP contribution in [0.3, 0.4) is 0 Å². The van der Waals surface area contributed by atoms with E-state index in [1.54, 1.807) is 0 Å². The Morgan fingerprint density at radius 3 is 0.714 bits per heavy atom. The van der Waals surface area contributed by atoms with Crippen molar-refractivity contribution >= 4 is 0 Å². The fourth-order valence-corrected chi connectivity index (χ4v) is 0.